The summed E-state index contributed by atoms with van der Waals surface area (Å²) in [5.74, 6) is 0.134. The van der Waals surface area contributed by atoms with E-state index in [1.807, 2.05) is 6.92 Å². The van der Waals surface area contributed by atoms with E-state index in [0.29, 0.717) is 23.6 Å². The fourth-order valence-electron chi connectivity index (χ4n) is 2.26. The number of tetrazole rings is 1. The molecule has 0 aliphatic heterocycles. The van der Waals surface area contributed by atoms with Crippen LogP contribution in [0.1, 0.15) is 36.8 Å². The Hall–Kier alpha value is -1.98. The smallest absolute Gasteiger partial charge is 0.244 e. The maximum Gasteiger partial charge on any atom is 0.368 e. The average molecular weight is 262 g/mol. The van der Waals surface area contributed by atoms with E-state index in [4.69, 9.17) is 0 Å². The Labute approximate surface area is 109 Å². The van der Waals surface area contributed by atoms with Crippen molar-refractivity contribution in [3.05, 3.63) is 39.6 Å². The Kier molecular flexibility index (Phi) is 2.73. The molecule has 0 bridgehead atoms. The highest BCUT2D eigenvalue weighted by Crippen LogP contribution is 2.43. The molecule has 100 valence electrons. The van der Waals surface area contributed by atoms with Crippen LogP contribution in [0.5, 0.6) is 0 Å². The molecule has 1 aliphatic carbocycles. The number of nitrogens with zero attached hydrogens (tertiary/aromatic N) is 4. The van der Waals surface area contributed by atoms with Gasteiger partial charge in [-0.3, -0.25) is 0 Å². The lowest BCUT2D eigenvalue weighted by atomic mass is 10.0. The van der Waals surface area contributed by atoms with Crippen LogP contribution in [0.4, 0.5) is 4.39 Å². The number of hydrogen-bond donors (Lipinski definition) is 0. The molecule has 0 radical (unpaired) electrons. The van der Waals surface area contributed by atoms with Crippen molar-refractivity contribution in [1.29, 1.82) is 0 Å². The maximum atomic E-state index is 13.9. The zero-order valence-corrected chi connectivity index (χ0v) is 10.9. The van der Waals surface area contributed by atoms with Crippen molar-refractivity contribution < 1.29 is 4.39 Å². The third-order valence-electron chi connectivity index (χ3n) is 3.54. The second kappa shape index (κ2) is 4.29. The molecule has 1 aromatic heterocycles. The van der Waals surface area contributed by atoms with Gasteiger partial charge in [0.1, 0.15) is 5.82 Å². The Balaban J connectivity index is 2.23. The summed E-state index contributed by atoms with van der Waals surface area (Å²) in [5.41, 5.74) is 1.81. The van der Waals surface area contributed by atoms with Gasteiger partial charge in [-0.05, 0) is 58.9 Å². The first-order valence-corrected chi connectivity index (χ1v) is 6.43. The van der Waals surface area contributed by atoms with Crippen LogP contribution in [0.15, 0.2) is 16.9 Å². The molecular formula is C13H15FN4O. The molecule has 0 amide bonds. The number of hydrogen-bond acceptors (Lipinski definition) is 3. The highest BCUT2D eigenvalue weighted by molar-refractivity contribution is 5.47. The minimum Gasteiger partial charge on any atom is -0.244 e. The lowest BCUT2D eigenvalue weighted by Gasteiger charge is -2.10. The van der Waals surface area contributed by atoms with Gasteiger partial charge < -0.3 is 0 Å². The molecule has 0 N–H and O–H groups in total. The van der Waals surface area contributed by atoms with Gasteiger partial charge in [0.15, 0.2) is 0 Å². The minimum absolute atomic E-state index is 0.204. The van der Waals surface area contributed by atoms with Gasteiger partial charge in [0.05, 0.1) is 5.69 Å². The number of halogens is 1. The quantitative estimate of drug-likeness (QED) is 0.843. The summed E-state index contributed by atoms with van der Waals surface area (Å²) in [6.45, 7) is 1.89. The largest absolute Gasteiger partial charge is 0.368 e. The van der Waals surface area contributed by atoms with E-state index in [1.165, 1.54) is 9.36 Å². The van der Waals surface area contributed by atoms with Crippen LogP contribution in [0.2, 0.25) is 0 Å². The van der Waals surface area contributed by atoms with Crippen LogP contribution in [-0.4, -0.2) is 19.8 Å². The number of rotatable bonds is 3. The zero-order chi connectivity index (χ0) is 13.6. The Morgan fingerprint density at radius 3 is 2.63 bits per heavy atom. The molecule has 1 heterocycles. The number of aryl methyl sites for hydroxylation is 2. The van der Waals surface area contributed by atoms with Crippen molar-refractivity contribution in [2.45, 2.75) is 32.1 Å². The molecule has 5 nitrogen and oxygen atoms in total. The summed E-state index contributed by atoms with van der Waals surface area (Å²) in [7, 11) is 1.55. The second-order valence-corrected chi connectivity index (χ2v) is 4.93. The van der Waals surface area contributed by atoms with E-state index in [9.17, 15) is 9.18 Å². The molecule has 1 fully saturated rings. The molecule has 0 atom stereocenters. The first-order valence-electron chi connectivity index (χ1n) is 6.43. The topological polar surface area (TPSA) is 52.7 Å². The molecule has 3 rings (SSSR count). The number of aromatic nitrogens is 4. The SMILES string of the molecule is CCc1cc(-n2nnn(C)c2=O)c(C2CC2)cc1F. The van der Waals surface area contributed by atoms with Gasteiger partial charge in [-0.15, -0.1) is 0 Å². The van der Waals surface area contributed by atoms with Crippen LogP contribution in [0.25, 0.3) is 5.69 Å². The molecule has 0 unspecified atom stereocenters. The van der Waals surface area contributed by atoms with Crippen molar-refractivity contribution in [1.82, 2.24) is 19.8 Å². The van der Waals surface area contributed by atoms with Crippen molar-refractivity contribution in [2.75, 3.05) is 0 Å². The number of benzene rings is 1. The highest BCUT2D eigenvalue weighted by Gasteiger charge is 2.29. The van der Waals surface area contributed by atoms with Crippen LogP contribution in [0, 0.1) is 5.82 Å². The summed E-state index contributed by atoms with van der Waals surface area (Å²) in [6.07, 6.45) is 2.65. The standard InChI is InChI=1S/C13H15FN4O/c1-3-8-6-12(18-13(19)17(2)15-16-18)10(7-11(8)14)9-4-5-9/h6-7,9H,3-5H2,1-2H3. The monoisotopic (exact) mass is 262 g/mol. The van der Waals surface area contributed by atoms with E-state index in [2.05, 4.69) is 10.4 Å². The van der Waals surface area contributed by atoms with Gasteiger partial charge in [-0.1, -0.05) is 6.92 Å². The van der Waals surface area contributed by atoms with Crippen molar-refractivity contribution >= 4 is 0 Å². The van der Waals surface area contributed by atoms with Crippen molar-refractivity contribution in [3.8, 4) is 5.69 Å². The Morgan fingerprint density at radius 1 is 1.37 bits per heavy atom. The zero-order valence-electron chi connectivity index (χ0n) is 10.9. The summed E-state index contributed by atoms with van der Waals surface area (Å²) < 4.78 is 16.3. The van der Waals surface area contributed by atoms with Gasteiger partial charge in [0.2, 0.25) is 0 Å². The first-order chi connectivity index (χ1) is 9.11. The maximum absolute atomic E-state index is 13.9. The third kappa shape index (κ3) is 1.97. The molecule has 19 heavy (non-hydrogen) atoms. The predicted octanol–water partition coefficient (Wildman–Crippen LogP) is 1.54. The molecule has 1 aromatic carbocycles. The predicted molar refractivity (Wildman–Crippen MR) is 67.9 cm³/mol. The average Bonchev–Trinajstić information content (AvgIpc) is 3.18. The molecule has 0 saturated heterocycles. The van der Waals surface area contributed by atoms with E-state index in [1.54, 1.807) is 19.2 Å². The molecule has 1 aliphatic rings. The Morgan fingerprint density at radius 2 is 2.11 bits per heavy atom. The van der Waals surface area contributed by atoms with E-state index >= 15 is 0 Å². The molecule has 2 aromatic rings. The summed E-state index contributed by atoms with van der Waals surface area (Å²) in [5, 5.41) is 7.57. The molecule has 6 heteroatoms. The van der Waals surface area contributed by atoms with Gasteiger partial charge in [0.25, 0.3) is 0 Å². The van der Waals surface area contributed by atoms with Crippen LogP contribution >= 0.6 is 0 Å². The fraction of sp³-hybridized carbons (Fsp3) is 0.462. The van der Waals surface area contributed by atoms with Gasteiger partial charge >= 0.3 is 5.69 Å². The first kappa shape index (κ1) is 12.1. The van der Waals surface area contributed by atoms with Gasteiger partial charge in [-0.2, -0.15) is 9.36 Å². The normalized spacial score (nSPS) is 14.9. The second-order valence-electron chi connectivity index (χ2n) is 4.93. The lowest BCUT2D eigenvalue weighted by Crippen LogP contribution is -2.23. The van der Waals surface area contributed by atoms with Crippen LogP contribution in [0.3, 0.4) is 0 Å². The van der Waals surface area contributed by atoms with Crippen molar-refractivity contribution in [2.24, 2.45) is 7.05 Å². The summed E-state index contributed by atoms with van der Waals surface area (Å²) in [4.78, 5) is 12.0. The Bertz CT molecular complexity index is 684. The summed E-state index contributed by atoms with van der Waals surface area (Å²) in [6, 6.07) is 3.27. The van der Waals surface area contributed by atoms with Crippen LogP contribution < -0.4 is 5.69 Å². The van der Waals surface area contributed by atoms with E-state index in [0.717, 1.165) is 18.4 Å². The molecular weight excluding hydrogens is 247 g/mol. The van der Waals surface area contributed by atoms with E-state index in [-0.39, 0.29) is 11.5 Å². The van der Waals surface area contributed by atoms with Gasteiger partial charge in [0, 0.05) is 7.05 Å². The minimum atomic E-state index is -0.310. The van der Waals surface area contributed by atoms with E-state index < -0.39 is 0 Å². The van der Waals surface area contributed by atoms with Crippen molar-refractivity contribution in [3.63, 3.8) is 0 Å². The van der Waals surface area contributed by atoms with Crippen LogP contribution in [-0.2, 0) is 13.5 Å². The lowest BCUT2D eigenvalue weighted by molar-refractivity contribution is 0.607. The van der Waals surface area contributed by atoms with Gasteiger partial charge in [-0.25, -0.2) is 9.18 Å². The molecule has 1 saturated carbocycles. The third-order valence-corrected chi connectivity index (χ3v) is 3.54. The summed E-state index contributed by atoms with van der Waals surface area (Å²) >= 11 is 0. The fourth-order valence-corrected chi connectivity index (χ4v) is 2.26. The molecule has 0 spiro atoms. The highest BCUT2D eigenvalue weighted by atomic mass is 19.1.